The molecule has 9 heteroatoms. The summed E-state index contributed by atoms with van der Waals surface area (Å²) in [7, 11) is 1.88. The third-order valence-electron chi connectivity index (χ3n) is 6.29. The number of nitrogens with zero attached hydrogens (tertiary/aromatic N) is 5. The van der Waals surface area contributed by atoms with Crippen LogP contribution in [0.1, 0.15) is 20.8 Å². The van der Waals surface area contributed by atoms with E-state index in [1.807, 2.05) is 63.6 Å². The number of fused-ring (bicyclic) bond motifs is 2. The second-order valence-electron chi connectivity index (χ2n) is 8.80. The lowest BCUT2D eigenvalue weighted by molar-refractivity contribution is -0.0773. The van der Waals surface area contributed by atoms with Crippen molar-refractivity contribution in [3.63, 3.8) is 0 Å². The lowest BCUT2D eigenvalue weighted by Crippen LogP contribution is -2.39. The largest absolute Gasteiger partial charge is 0.489 e. The normalized spacial score (nSPS) is 14.1. The van der Waals surface area contributed by atoms with E-state index in [0.29, 0.717) is 41.6 Å². The fraction of sp³-hybridized carbons (Fsp3) is 0.286. The zero-order valence-corrected chi connectivity index (χ0v) is 21.3. The third-order valence-corrected chi connectivity index (χ3v) is 6.29. The molecule has 0 aliphatic carbocycles. The highest BCUT2D eigenvalue weighted by atomic mass is 19.1. The molecule has 4 heterocycles. The van der Waals surface area contributed by atoms with Gasteiger partial charge in [-0.25, -0.2) is 14.4 Å². The van der Waals surface area contributed by atoms with E-state index in [9.17, 15) is 4.39 Å². The highest BCUT2D eigenvalue weighted by Gasteiger charge is 2.27. The highest BCUT2D eigenvalue weighted by molar-refractivity contribution is 5.99. The molecule has 1 unspecified atom stereocenters. The molecule has 0 saturated carbocycles. The molecule has 6 rings (SSSR count). The molecule has 1 fully saturated rings. The van der Waals surface area contributed by atoms with Crippen LogP contribution in [0.15, 0.2) is 61.3 Å². The van der Waals surface area contributed by atoms with Gasteiger partial charge in [0.15, 0.2) is 0 Å². The molecule has 2 aromatic carbocycles. The zero-order chi connectivity index (χ0) is 25.9. The monoisotopic (exact) mass is 500 g/mol. The van der Waals surface area contributed by atoms with Gasteiger partial charge in [-0.3, -0.25) is 9.67 Å². The summed E-state index contributed by atoms with van der Waals surface area (Å²) in [6.07, 6.45) is 6.46. The molecular formula is C28H29FN6O2. The molecule has 3 aromatic heterocycles. The topological polar surface area (TPSA) is 87.0 Å². The van der Waals surface area contributed by atoms with Gasteiger partial charge in [0.25, 0.3) is 0 Å². The predicted molar refractivity (Wildman–Crippen MR) is 142 cm³/mol. The first-order valence-corrected chi connectivity index (χ1v) is 12.4. The number of ether oxygens (including phenoxy) is 2. The molecule has 0 bridgehead atoms. The lowest BCUT2D eigenvalue weighted by Gasteiger charge is -2.32. The molecule has 1 atom stereocenters. The molecule has 190 valence electrons. The minimum Gasteiger partial charge on any atom is -0.489 e. The Kier molecular flexibility index (Phi) is 6.96. The fourth-order valence-corrected chi connectivity index (χ4v) is 4.22. The summed E-state index contributed by atoms with van der Waals surface area (Å²) in [4.78, 5) is 13.2. The first-order valence-electron chi connectivity index (χ1n) is 12.4. The van der Waals surface area contributed by atoms with E-state index in [-0.39, 0.29) is 11.9 Å². The molecule has 1 aliphatic heterocycles. The predicted octanol–water partition coefficient (Wildman–Crippen LogP) is 5.90. The molecule has 1 aliphatic rings. The number of halogens is 1. The van der Waals surface area contributed by atoms with Crippen LogP contribution in [0, 0.1) is 11.7 Å². The van der Waals surface area contributed by atoms with Crippen LogP contribution in [0.3, 0.4) is 0 Å². The molecule has 8 nitrogen and oxygen atoms in total. The van der Waals surface area contributed by atoms with Gasteiger partial charge < -0.3 is 14.8 Å². The van der Waals surface area contributed by atoms with Crippen LogP contribution in [0.5, 0.6) is 5.75 Å². The molecule has 37 heavy (non-hydrogen) atoms. The van der Waals surface area contributed by atoms with E-state index in [2.05, 4.69) is 32.3 Å². The molecule has 0 spiro atoms. The van der Waals surface area contributed by atoms with E-state index in [1.165, 1.54) is 18.6 Å². The molecule has 5 aromatic rings. The van der Waals surface area contributed by atoms with Crippen molar-refractivity contribution in [2.45, 2.75) is 26.9 Å². The van der Waals surface area contributed by atoms with Gasteiger partial charge in [-0.05, 0) is 48.9 Å². The number of hydrogen-bond acceptors (Lipinski definition) is 7. The smallest absolute Gasteiger partial charge is 0.145 e. The summed E-state index contributed by atoms with van der Waals surface area (Å²) in [5.41, 5.74) is 4.13. The highest BCUT2D eigenvalue weighted by Crippen LogP contribution is 2.37. The summed E-state index contributed by atoms with van der Waals surface area (Å²) < 4.78 is 27.3. The van der Waals surface area contributed by atoms with Gasteiger partial charge in [0.1, 0.15) is 29.8 Å². The van der Waals surface area contributed by atoms with Crippen LogP contribution in [0.2, 0.25) is 0 Å². The van der Waals surface area contributed by atoms with Crippen LogP contribution in [-0.4, -0.2) is 44.1 Å². The van der Waals surface area contributed by atoms with E-state index < -0.39 is 0 Å². The quantitative estimate of drug-likeness (QED) is 0.311. The standard InChI is InChI=1S/C26H23FN6O2.C2H6/c1-15(19-12-34-13-19)35-24-8-16(18-9-31-33(2)11-18)7-23-25(24)26(30-14-29-23)32-21-3-4-22-17(6-21)5-20(27)10-28-22;1-2/h3-11,14-15,19H,12-13H2,1-2H3,(H,29,30,32);1-2H3. The number of aryl methyl sites for hydroxylation is 1. The van der Waals surface area contributed by atoms with Gasteiger partial charge in [0.05, 0.1) is 42.0 Å². The Morgan fingerprint density at radius 1 is 1.03 bits per heavy atom. The number of hydrogen-bond donors (Lipinski definition) is 1. The van der Waals surface area contributed by atoms with Gasteiger partial charge in [-0.1, -0.05) is 13.8 Å². The first kappa shape index (κ1) is 24.6. The maximum atomic E-state index is 13.7. The number of nitrogens with one attached hydrogen (secondary N) is 1. The second-order valence-corrected chi connectivity index (χ2v) is 8.80. The SMILES string of the molecule is CC.CC(Oc1cc(-c2cnn(C)c2)cc2ncnc(Nc3ccc4ncc(F)cc4c3)c12)C1COC1. The number of aromatic nitrogens is 5. The van der Waals surface area contributed by atoms with Crippen molar-refractivity contribution in [3.8, 4) is 16.9 Å². The number of anilines is 2. The van der Waals surface area contributed by atoms with Crippen molar-refractivity contribution in [3.05, 3.63) is 67.1 Å². The Bertz CT molecular complexity index is 1550. The Morgan fingerprint density at radius 3 is 2.59 bits per heavy atom. The van der Waals surface area contributed by atoms with Crippen molar-refractivity contribution in [1.82, 2.24) is 24.7 Å². The third kappa shape index (κ3) is 5.08. The van der Waals surface area contributed by atoms with Crippen molar-refractivity contribution in [1.29, 1.82) is 0 Å². The van der Waals surface area contributed by atoms with Crippen molar-refractivity contribution < 1.29 is 13.9 Å². The van der Waals surface area contributed by atoms with Gasteiger partial charge >= 0.3 is 0 Å². The van der Waals surface area contributed by atoms with Crippen LogP contribution < -0.4 is 10.1 Å². The van der Waals surface area contributed by atoms with Crippen LogP contribution in [0.4, 0.5) is 15.9 Å². The summed E-state index contributed by atoms with van der Waals surface area (Å²) in [6.45, 7) is 7.42. The van der Waals surface area contributed by atoms with Gasteiger partial charge in [0, 0.05) is 35.8 Å². The maximum absolute atomic E-state index is 13.7. The Morgan fingerprint density at radius 2 is 1.86 bits per heavy atom. The molecular weight excluding hydrogens is 471 g/mol. The van der Waals surface area contributed by atoms with Gasteiger partial charge in [0.2, 0.25) is 0 Å². The fourth-order valence-electron chi connectivity index (χ4n) is 4.22. The zero-order valence-electron chi connectivity index (χ0n) is 21.3. The van der Waals surface area contributed by atoms with E-state index in [0.717, 1.165) is 27.7 Å². The molecule has 0 amide bonds. The average molecular weight is 501 g/mol. The van der Waals surface area contributed by atoms with Gasteiger partial charge in [-0.2, -0.15) is 5.10 Å². The van der Waals surface area contributed by atoms with Gasteiger partial charge in [-0.15, -0.1) is 0 Å². The van der Waals surface area contributed by atoms with Crippen molar-refractivity contribution >= 4 is 33.3 Å². The summed E-state index contributed by atoms with van der Waals surface area (Å²) in [6, 6.07) is 11.0. The average Bonchev–Trinajstić information content (AvgIpc) is 3.30. The number of pyridine rings is 1. The summed E-state index contributed by atoms with van der Waals surface area (Å²) in [5, 5.41) is 9.14. The Balaban J connectivity index is 0.00000137. The van der Waals surface area contributed by atoms with Crippen LogP contribution >= 0.6 is 0 Å². The van der Waals surface area contributed by atoms with Crippen LogP contribution in [-0.2, 0) is 11.8 Å². The first-order chi connectivity index (χ1) is 18.0. The molecule has 1 saturated heterocycles. The number of rotatable bonds is 6. The maximum Gasteiger partial charge on any atom is 0.145 e. The molecule has 1 N–H and O–H groups in total. The minimum absolute atomic E-state index is 0.0427. The lowest BCUT2D eigenvalue weighted by atomic mass is 10.0. The summed E-state index contributed by atoms with van der Waals surface area (Å²) >= 11 is 0. The second kappa shape index (κ2) is 10.5. The van der Waals surface area contributed by atoms with E-state index in [1.54, 1.807) is 4.68 Å². The Labute approximate surface area is 214 Å². The van der Waals surface area contributed by atoms with E-state index in [4.69, 9.17) is 9.47 Å². The number of benzene rings is 2. The van der Waals surface area contributed by atoms with Crippen molar-refractivity contribution in [2.24, 2.45) is 13.0 Å². The van der Waals surface area contributed by atoms with Crippen LogP contribution in [0.25, 0.3) is 32.9 Å². The minimum atomic E-state index is -0.380. The summed E-state index contributed by atoms with van der Waals surface area (Å²) in [5.74, 6) is 1.23. The van der Waals surface area contributed by atoms with Crippen molar-refractivity contribution in [2.75, 3.05) is 18.5 Å². The molecule has 0 radical (unpaired) electrons. The Hall–Kier alpha value is -4.11. The van der Waals surface area contributed by atoms with E-state index >= 15 is 0 Å².